The van der Waals surface area contributed by atoms with Crippen LogP contribution >= 0.6 is 0 Å². The van der Waals surface area contributed by atoms with Crippen LogP contribution in [-0.2, 0) is 11.2 Å². The van der Waals surface area contributed by atoms with Crippen molar-refractivity contribution in [1.29, 1.82) is 0 Å². The molecule has 0 saturated carbocycles. The maximum Gasteiger partial charge on any atom is 0.326 e. The molecule has 0 aliphatic rings. The van der Waals surface area contributed by atoms with E-state index in [1.54, 1.807) is 12.1 Å². The summed E-state index contributed by atoms with van der Waals surface area (Å²) in [5.74, 6) is -1.11. The molecule has 0 fully saturated rings. The van der Waals surface area contributed by atoms with Gasteiger partial charge in [0.15, 0.2) is 0 Å². The monoisotopic (exact) mass is 288 g/mol. The third-order valence-corrected chi connectivity index (χ3v) is 2.86. The van der Waals surface area contributed by atoms with Crippen LogP contribution in [0.4, 0.5) is 10.5 Å². The van der Waals surface area contributed by atoms with Crippen LogP contribution in [0.5, 0.6) is 0 Å². The van der Waals surface area contributed by atoms with Crippen LogP contribution in [0.2, 0.25) is 0 Å². The van der Waals surface area contributed by atoms with Crippen molar-refractivity contribution in [2.75, 3.05) is 5.32 Å². The van der Waals surface area contributed by atoms with Crippen molar-refractivity contribution in [3.63, 3.8) is 0 Å². The zero-order chi connectivity index (χ0) is 15.2. The lowest BCUT2D eigenvalue weighted by Crippen LogP contribution is -2.44. The zero-order valence-corrected chi connectivity index (χ0v) is 11.5. The van der Waals surface area contributed by atoms with E-state index in [0.717, 1.165) is 5.56 Å². The summed E-state index contributed by atoms with van der Waals surface area (Å²) < 4.78 is 0. The molecule has 4 N–H and O–H groups in total. The van der Waals surface area contributed by atoms with Crippen LogP contribution in [0.1, 0.15) is 11.3 Å². The highest BCUT2D eigenvalue weighted by Crippen LogP contribution is 2.09. The van der Waals surface area contributed by atoms with E-state index < -0.39 is 18.0 Å². The minimum absolute atomic E-state index is 0.135. The molecule has 0 bridgehead atoms. The maximum absolute atomic E-state index is 11.9. The van der Waals surface area contributed by atoms with E-state index in [0.29, 0.717) is 11.4 Å². The van der Waals surface area contributed by atoms with Gasteiger partial charge in [-0.3, -0.25) is 0 Å². The van der Waals surface area contributed by atoms with Crippen molar-refractivity contribution in [2.45, 2.75) is 19.4 Å². The molecule has 7 nitrogen and oxygen atoms in total. The molecule has 0 aliphatic carbocycles. The fourth-order valence-electron chi connectivity index (χ4n) is 1.86. The molecule has 7 heteroatoms. The van der Waals surface area contributed by atoms with Gasteiger partial charge in [0, 0.05) is 24.0 Å². The first-order valence-corrected chi connectivity index (χ1v) is 6.39. The van der Waals surface area contributed by atoms with Crippen LogP contribution in [0, 0.1) is 6.92 Å². The van der Waals surface area contributed by atoms with E-state index in [2.05, 4.69) is 20.6 Å². The fraction of sp³-hybridized carbons (Fsp3) is 0.214. The van der Waals surface area contributed by atoms with Crippen molar-refractivity contribution in [2.24, 2.45) is 0 Å². The fourth-order valence-corrected chi connectivity index (χ4v) is 1.86. The number of urea groups is 1. The minimum atomic E-state index is -1.11. The first kappa shape index (κ1) is 14.6. The summed E-state index contributed by atoms with van der Waals surface area (Å²) in [5, 5.41) is 14.2. The maximum atomic E-state index is 11.9. The molecule has 1 atom stereocenters. The number of anilines is 1. The molecule has 0 radical (unpaired) electrons. The summed E-state index contributed by atoms with van der Waals surface area (Å²) in [7, 11) is 0. The summed E-state index contributed by atoms with van der Waals surface area (Å²) in [5.41, 5.74) is 2.25. The summed E-state index contributed by atoms with van der Waals surface area (Å²) >= 11 is 0. The van der Waals surface area contributed by atoms with Gasteiger partial charge in [0.2, 0.25) is 0 Å². The molecular weight excluding hydrogens is 272 g/mol. The van der Waals surface area contributed by atoms with Crippen LogP contribution in [0.25, 0.3) is 0 Å². The van der Waals surface area contributed by atoms with E-state index in [9.17, 15) is 9.59 Å². The molecule has 1 aromatic carbocycles. The Hall–Kier alpha value is -2.83. The van der Waals surface area contributed by atoms with E-state index in [1.807, 2.05) is 19.1 Å². The number of carboxylic acid groups (broad SMARTS) is 1. The summed E-state index contributed by atoms with van der Waals surface area (Å²) in [6.45, 7) is 1.90. The average molecular weight is 288 g/mol. The number of nitrogens with zero attached hydrogens (tertiary/aromatic N) is 1. The molecule has 0 aliphatic heterocycles. The molecule has 1 aromatic heterocycles. The number of aliphatic carboxylic acids is 1. The number of imidazole rings is 1. The SMILES string of the molecule is Cc1cccc(NC(=O)N[C@H](Cc2cnc[nH]2)C(=O)O)c1. The standard InChI is InChI=1S/C14H16N4O3/c1-9-3-2-4-10(5-9)17-14(21)18-12(13(19)20)6-11-7-15-8-16-11/h2-5,7-8,12H,6H2,1H3,(H,15,16)(H,19,20)(H2,17,18,21)/t12-/m1/s1. The van der Waals surface area contributed by atoms with Gasteiger partial charge in [-0.1, -0.05) is 12.1 Å². The lowest BCUT2D eigenvalue weighted by atomic mass is 10.1. The number of carbonyl (C=O) groups excluding carboxylic acids is 1. The summed E-state index contributed by atoms with van der Waals surface area (Å²) in [4.78, 5) is 29.7. The van der Waals surface area contributed by atoms with Crippen molar-refractivity contribution < 1.29 is 14.7 Å². The first-order chi connectivity index (χ1) is 10.0. The number of amides is 2. The topological polar surface area (TPSA) is 107 Å². The third-order valence-electron chi connectivity index (χ3n) is 2.86. The molecule has 0 saturated heterocycles. The predicted octanol–water partition coefficient (Wildman–Crippen LogP) is 1.54. The lowest BCUT2D eigenvalue weighted by molar-refractivity contribution is -0.139. The van der Waals surface area contributed by atoms with Crippen molar-refractivity contribution >= 4 is 17.7 Å². The van der Waals surface area contributed by atoms with Crippen LogP contribution in [0.3, 0.4) is 0 Å². The number of carbonyl (C=O) groups is 2. The van der Waals surface area contributed by atoms with Gasteiger partial charge in [0.1, 0.15) is 6.04 Å². The summed E-state index contributed by atoms with van der Waals surface area (Å²) in [6, 6.07) is 5.65. The number of nitrogens with one attached hydrogen (secondary N) is 3. The molecule has 2 aromatic rings. The quantitative estimate of drug-likeness (QED) is 0.669. The van der Waals surface area contributed by atoms with Gasteiger partial charge in [-0.2, -0.15) is 0 Å². The van der Waals surface area contributed by atoms with Gasteiger partial charge >= 0.3 is 12.0 Å². The van der Waals surface area contributed by atoms with E-state index in [4.69, 9.17) is 5.11 Å². The highest BCUT2D eigenvalue weighted by atomic mass is 16.4. The lowest BCUT2D eigenvalue weighted by Gasteiger charge is -2.14. The smallest absolute Gasteiger partial charge is 0.326 e. The molecule has 2 rings (SSSR count). The van der Waals surface area contributed by atoms with Gasteiger partial charge in [0.05, 0.1) is 6.33 Å². The number of benzene rings is 1. The largest absolute Gasteiger partial charge is 0.480 e. The Morgan fingerprint density at radius 2 is 2.24 bits per heavy atom. The number of aromatic nitrogens is 2. The second kappa shape index (κ2) is 6.56. The van der Waals surface area contributed by atoms with E-state index >= 15 is 0 Å². The average Bonchev–Trinajstić information content (AvgIpc) is 2.90. The van der Waals surface area contributed by atoms with E-state index in [-0.39, 0.29) is 6.42 Å². The van der Waals surface area contributed by atoms with Gasteiger partial charge in [-0.05, 0) is 24.6 Å². The second-order valence-electron chi connectivity index (χ2n) is 4.64. The van der Waals surface area contributed by atoms with Crippen molar-refractivity contribution in [1.82, 2.24) is 15.3 Å². The zero-order valence-electron chi connectivity index (χ0n) is 11.5. The highest BCUT2D eigenvalue weighted by Gasteiger charge is 2.21. The van der Waals surface area contributed by atoms with Crippen LogP contribution in [0.15, 0.2) is 36.8 Å². The Kier molecular flexibility index (Phi) is 4.55. The normalized spacial score (nSPS) is 11.7. The Bertz CT molecular complexity index is 625. The Morgan fingerprint density at radius 3 is 2.86 bits per heavy atom. The van der Waals surface area contributed by atoms with Crippen molar-refractivity contribution in [3.8, 4) is 0 Å². The second-order valence-corrected chi connectivity index (χ2v) is 4.64. The number of H-pyrrole nitrogens is 1. The van der Waals surface area contributed by atoms with Gasteiger partial charge in [-0.25, -0.2) is 14.6 Å². The molecule has 0 spiro atoms. The molecule has 21 heavy (non-hydrogen) atoms. The number of carboxylic acids is 1. The van der Waals surface area contributed by atoms with Crippen LogP contribution < -0.4 is 10.6 Å². The molecule has 1 heterocycles. The summed E-state index contributed by atoms with van der Waals surface area (Å²) in [6.07, 6.45) is 3.12. The Morgan fingerprint density at radius 1 is 1.43 bits per heavy atom. The van der Waals surface area contributed by atoms with Crippen LogP contribution in [-0.4, -0.2) is 33.1 Å². The number of aryl methyl sites for hydroxylation is 1. The number of rotatable bonds is 5. The number of hydrogen-bond donors (Lipinski definition) is 4. The van der Waals surface area contributed by atoms with Crippen molar-refractivity contribution in [3.05, 3.63) is 48.0 Å². The third kappa shape index (κ3) is 4.34. The molecule has 0 unspecified atom stereocenters. The highest BCUT2D eigenvalue weighted by molar-refractivity contribution is 5.92. The molecule has 110 valence electrons. The number of aromatic amines is 1. The molecule has 2 amide bonds. The van der Waals surface area contributed by atoms with Gasteiger partial charge < -0.3 is 20.7 Å². The van der Waals surface area contributed by atoms with Gasteiger partial charge in [0.25, 0.3) is 0 Å². The number of hydrogen-bond acceptors (Lipinski definition) is 3. The van der Waals surface area contributed by atoms with Gasteiger partial charge in [-0.15, -0.1) is 0 Å². The Balaban J connectivity index is 1.96. The Labute approximate surface area is 121 Å². The van der Waals surface area contributed by atoms with E-state index in [1.165, 1.54) is 12.5 Å². The minimum Gasteiger partial charge on any atom is -0.480 e. The predicted molar refractivity (Wildman–Crippen MR) is 77.0 cm³/mol. The first-order valence-electron chi connectivity index (χ1n) is 6.39. The molecular formula is C14H16N4O3.